The molecular formula is C18H17N2+. The molecule has 1 aliphatic heterocycles. The van der Waals surface area contributed by atoms with Gasteiger partial charge in [-0.2, -0.15) is 4.58 Å². The Bertz CT molecular complexity index is 810. The molecule has 1 aromatic heterocycles. The molecule has 0 N–H and O–H groups in total. The van der Waals surface area contributed by atoms with Crippen LogP contribution in [0.25, 0.3) is 10.9 Å². The molecule has 0 spiro atoms. The van der Waals surface area contributed by atoms with Crippen molar-refractivity contribution in [3.8, 4) is 0 Å². The minimum atomic E-state index is 1.05. The van der Waals surface area contributed by atoms with Crippen molar-refractivity contribution in [3.63, 3.8) is 0 Å². The molecule has 0 aliphatic carbocycles. The van der Waals surface area contributed by atoms with Crippen LogP contribution in [0.3, 0.4) is 0 Å². The van der Waals surface area contributed by atoms with Gasteiger partial charge in [-0.15, -0.1) is 0 Å². The van der Waals surface area contributed by atoms with Gasteiger partial charge in [-0.05, 0) is 11.6 Å². The lowest BCUT2D eigenvalue weighted by Gasteiger charge is -2.10. The maximum Gasteiger partial charge on any atom is 0.205 e. The van der Waals surface area contributed by atoms with Crippen molar-refractivity contribution < 1.29 is 4.58 Å². The lowest BCUT2D eigenvalue weighted by atomic mass is 10.1. The highest BCUT2D eigenvalue weighted by Gasteiger charge is 2.23. The van der Waals surface area contributed by atoms with Crippen LogP contribution in [-0.4, -0.2) is 21.9 Å². The molecule has 2 heterocycles. The van der Waals surface area contributed by atoms with Gasteiger partial charge in [0.1, 0.15) is 5.69 Å². The number of nitrogens with zero attached hydrogens (tertiary/aromatic N) is 2. The summed E-state index contributed by atoms with van der Waals surface area (Å²) in [7, 11) is 2.16. The number of benzene rings is 2. The van der Waals surface area contributed by atoms with E-state index in [-0.39, 0.29) is 0 Å². The Labute approximate surface area is 118 Å². The molecule has 98 valence electrons. The van der Waals surface area contributed by atoms with Gasteiger partial charge in [-0.25, -0.2) is 0 Å². The van der Waals surface area contributed by atoms with E-state index < -0.39 is 0 Å². The van der Waals surface area contributed by atoms with Gasteiger partial charge in [0, 0.05) is 36.5 Å². The van der Waals surface area contributed by atoms with Gasteiger partial charge < -0.3 is 4.57 Å². The van der Waals surface area contributed by atoms with E-state index in [4.69, 9.17) is 0 Å². The molecule has 1 aliphatic rings. The van der Waals surface area contributed by atoms with E-state index >= 15 is 0 Å². The van der Waals surface area contributed by atoms with Crippen LogP contribution in [0.1, 0.15) is 11.3 Å². The molecule has 2 heteroatoms. The molecule has 0 amide bonds. The molecule has 2 nitrogen and oxygen atoms in total. The first-order chi connectivity index (χ1) is 9.84. The third kappa shape index (κ3) is 1.61. The van der Waals surface area contributed by atoms with Crippen molar-refractivity contribution in [1.82, 2.24) is 4.57 Å². The summed E-state index contributed by atoms with van der Waals surface area (Å²) < 4.78 is 4.65. The molecule has 2 aromatic carbocycles. The first-order valence-electron chi connectivity index (χ1n) is 7.07. The molecule has 0 bridgehead atoms. The molecule has 0 unspecified atom stereocenters. The van der Waals surface area contributed by atoms with Crippen molar-refractivity contribution in [2.45, 2.75) is 6.42 Å². The predicted octanol–water partition coefficient (Wildman–Crippen LogP) is 3.50. The molecule has 4 rings (SSSR count). The van der Waals surface area contributed by atoms with Crippen LogP contribution < -0.4 is 0 Å². The third-order valence-electron chi connectivity index (χ3n) is 4.23. The largest absolute Gasteiger partial charge is 0.339 e. The van der Waals surface area contributed by atoms with Gasteiger partial charge in [0.15, 0.2) is 12.8 Å². The van der Waals surface area contributed by atoms with Gasteiger partial charge in [0.2, 0.25) is 5.69 Å². The van der Waals surface area contributed by atoms with Crippen LogP contribution in [0.2, 0.25) is 0 Å². The van der Waals surface area contributed by atoms with E-state index in [0.29, 0.717) is 0 Å². The van der Waals surface area contributed by atoms with Gasteiger partial charge in [0.25, 0.3) is 0 Å². The van der Waals surface area contributed by atoms with Crippen LogP contribution in [0.5, 0.6) is 0 Å². The number of para-hydroxylation sites is 2. The second kappa shape index (κ2) is 4.34. The van der Waals surface area contributed by atoms with Crippen molar-refractivity contribution >= 4 is 22.8 Å². The zero-order valence-corrected chi connectivity index (χ0v) is 11.6. The predicted molar refractivity (Wildman–Crippen MR) is 83.0 cm³/mol. The van der Waals surface area contributed by atoms with E-state index in [2.05, 4.69) is 77.0 Å². The number of aromatic nitrogens is 1. The van der Waals surface area contributed by atoms with Crippen molar-refractivity contribution in [1.29, 1.82) is 0 Å². The van der Waals surface area contributed by atoms with Crippen molar-refractivity contribution in [2.24, 2.45) is 7.05 Å². The molecule has 0 saturated carbocycles. The lowest BCUT2D eigenvalue weighted by Crippen LogP contribution is -2.19. The van der Waals surface area contributed by atoms with Crippen LogP contribution >= 0.6 is 0 Å². The first-order valence-corrected chi connectivity index (χ1v) is 7.07. The minimum Gasteiger partial charge on any atom is -0.339 e. The fourth-order valence-corrected chi connectivity index (χ4v) is 3.19. The molecule has 0 radical (unpaired) electrons. The number of hydrogen-bond donors (Lipinski definition) is 0. The Balaban J connectivity index is 1.93. The van der Waals surface area contributed by atoms with Crippen LogP contribution in [0.15, 0.2) is 54.6 Å². The fourth-order valence-electron chi connectivity index (χ4n) is 3.19. The topological polar surface area (TPSA) is 7.94 Å². The molecule has 20 heavy (non-hydrogen) atoms. The van der Waals surface area contributed by atoms with Crippen LogP contribution in [0, 0.1) is 0 Å². The smallest absolute Gasteiger partial charge is 0.205 e. The average Bonchev–Trinajstić information content (AvgIpc) is 2.81. The Morgan fingerprint density at radius 3 is 2.55 bits per heavy atom. The number of fused-ring (bicyclic) bond motifs is 3. The SMILES string of the molecule is Cn1c2c(c3ccccc31)CC[N+](c1ccccc1)=C2. The summed E-state index contributed by atoms with van der Waals surface area (Å²) in [6, 6.07) is 19.3. The van der Waals surface area contributed by atoms with E-state index in [9.17, 15) is 0 Å². The summed E-state index contributed by atoms with van der Waals surface area (Å²) >= 11 is 0. The number of rotatable bonds is 1. The standard InChI is InChI=1S/C18H17N2/c1-19-17-10-6-5-9-15(17)16-11-12-20(13-18(16)19)14-7-3-2-4-8-14/h2-10,13H,11-12H2,1H3/q+1. The zero-order valence-electron chi connectivity index (χ0n) is 11.6. The number of aryl methyl sites for hydroxylation is 1. The van der Waals surface area contributed by atoms with Gasteiger partial charge >= 0.3 is 0 Å². The van der Waals surface area contributed by atoms with Crippen LogP contribution in [0.4, 0.5) is 5.69 Å². The maximum absolute atomic E-state index is 2.35. The highest BCUT2D eigenvalue weighted by Crippen LogP contribution is 2.27. The second-order valence-electron chi connectivity index (χ2n) is 5.35. The summed E-state index contributed by atoms with van der Waals surface area (Å²) in [5.41, 5.74) is 5.41. The third-order valence-corrected chi connectivity index (χ3v) is 4.23. The highest BCUT2D eigenvalue weighted by molar-refractivity contribution is 5.94. The quantitative estimate of drug-likeness (QED) is 0.592. The lowest BCUT2D eigenvalue weighted by molar-refractivity contribution is -0.436. The highest BCUT2D eigenvalue weighted by atomic mass is 15.0. The summed E-state index contributed by atoms with van der Waals surface area (Å²) in [5, 5.41) is 1.40. The minimum absolute atomic E-state index is 1.05. The van der Waals surface area contributed by atoms with Gasteiger partial charge in [-0.3, -0.25) is 0 Å². The summed E-state index contributed by atoms with van der Waals surface area (Å²) in [6.07, 6.45) is 3.39. The molecule has 3 aromatic rings. The Kier molecular flexibility index (Phi) is 2.49. The zero-order chi connectivity index (χ0) is 13.5. The Hall–Kier alpha value is -2.35. The first kappa shape index (κ1) is 11.5. The summed E-state index contributed by atoms with van der Waals surface area (Å²) in [6.45, 7) is 1.05. The fraction of sp³-hybridized carbons (Fsp3) is 0.167. The van der Waals surface area contributed by atoms with E-state index in [1.54, 1.807) is 0 Å². The molecule has 0 atom stereocenters. The maximum atomic E-state index is 2.35. The van der Waals surface area contributed by atoms with Crippen LogP contribution in [-0.2, 0) is 13.5 Å². The summed E-state index contributed by atoms with van der Waals surface area (Å²) in [5.74, 6) is 0. The normalized spacial score (nSPS) is 14.2. The Morgan fingerprint density at radius 2 is 1.70 bits per heavy atom. The number of hydrogen-bond acceptors (Lipinski definition) is 0. The van der Waals surface area contributed by atoms with Crippen molar-refractivity contribution in [3.05, 3.63) is 65.9 Å². The molecule has 0 fully saturated rings. The second-order valence-corrected chi connectivity index (χ2v) is 5.35. The average molecular weight is 261 g/mol. The van der Waals surface area contributed by atoms with E-state index in [1.807, 2.05) is 0 Å². The van der Waals surface area contributed by atoms with Gasteiger partial charge in [0.05, 0.1) is 0 Å². The Morgan fingerprint density at radius 1 is 0.950 bits per heavy atom. The van der Waals surface area contributed by atoms with Crippen molar-refractivity contribution in [2.75, 3.05) is 6.54 Å². The summed E-state index contributed by atoms with van der Waals surface area (Å²) in [4.78, 5) is 0. The van der Waals surface area contributed by atoms with E-state index in [0.717, 1.165) is 13.0 Å². The molecular weight excluding hydrogens is 244 g/mol. The van der Waals surface area contributed by atoms with Gasteiger partial charge in [-0.1, -0.05) is 36.4 Å². The molecule has 0 saturated heterocycles. The van der Waals surface area contributed by atoms with E-state index in [1.165, 1.54) is 27.8 Å². The monoisotopic (exact) mass is 261 g/mol.